The lowest BCUT2D eigenvalue weighted by molar-refractivity contribution is -0.116. The number of amides is 1. The zero-order valence-electron chi connectivity index (χ0n) is 10.2. The Hall–Kier alpha value is -2.07. The summed E-state index contributed by atoms with van der Waals surface area (Å²) in [5.41, 5.74) is 1.16. The molecule has 0 unspecified atom stereocenters. The standard InChI is InChI=1S/C14H13ClN2O2/c15-9-14(19)17(10-11-5-3-4-8-16-11)12-6-1-2-7-13(12)18/h1-8,18H,9-10H2. The summed E-state index contributed by atoms with van der Waals surface area (Å²) in [4.78, 5) is 17.5. The third-order valence-electron chi connectivity index (χ3n) is 2.63. The van der Waals surface area contributed by atoms with E-state index in [2.05, 4.69) is 4.98 Å². The minimum absolute atomic E-state index is 0.0388. The first kappa shape index (κ1) is 13.4. The molecular formula is C14H13ClN2O2. The molecule has 0 aliphatic rings. The topological polar surface area (TPSA) is 53.4 Å². The van der Waals surface area contributed by atoms with E-state index in [1.165, 1.54) is 11.0 Å². The van der Waals surface area contributed by atoms with E-state index in [0.29, 0.717) is 5.69 Å². The molecule has 1 amide bonds. The molecule has 2 rings (SSSR count). The summed E-state index contributed by atoms with van der Waals surface area (Å²) in [6.07, 6.45) is 1.66. The molecule has 1 N–H and O–H groups in total. The molecule has 0 fully saturated rings. The van der Waals surface area contributed by atoms with E-state index in [4.69, 9.17) is 11.6 Å². The van der Waals surface area contributed by atoms with Gasteiger partial charge in [-0.05, 0) is 24.3 Å². The number of para-hydroxylation sites is 2. The Kier molecular flexibility index (Phi) is 4.36. The second kappa shape index (κ2) is 6.20. The van der Waals surface area contributed by atoms with Gasteiger partial charge in [0.2, 0.25) is 5.91 Å². The van der Waals surface area contributed by atoms with Gasteiger partial charge in [0.1, 0.15) is 11.6 Å². The summed E-state index contributed by atoms with van der Waals surface area (Å²) in [5, 5.41) is 9.85. The highest BCUT2D eigenvalue weighted by molar-refractivity contribution is 6.29. The molecule has 0 bridgehead atoms. The van der Waals surface area contributed by atoms with Crippen LogP contribution in [0.25, 0.3) is 0 Å². The molecule has 1 aromatic heterocycles. The van der Waals surface area contributed by atoms with Crippen LogP contribution in [0.1, 0.15) is 5.69 Å². The van der Waals surface area contributed by atoms with Crippen LogP contribution >= 0.6 is 11.6 Å². The number of halogens is 1. The summed E-state index contributed by atoms with van der Waals surface area (Å²) >= 11 is 5.62. The Morgan fingerprint density at radius 2 is 1.95 bits per heavy atom. The van der Waals surface area contributed by atoms with Crippen molar-refractivity contribution in [3.05, 3.63) is 54.4 Å². The molecule has 1 aromatic carbocycles. The van der Waals surface area contributed by atoms with Crippen molar-refractivity contribution >= 4 is 23.2 Å². The maximum absolute atomic E-state index is 11.9. The average Bonchev–Trinajstić information content (AvgIpc) is 2.46. The number of rotatable bonds is 4. The van der Waals surface area contributed by atoms with E-state index >= 15 is 0 Å². The second-order valence-electron chi connectivity index (χ2n) is 3.92. The molecule has 1 heterocycles. The molecule has 4 nitrogen and oxygen atoms in total. The first-order chi connectivity index (χ1) is 9.22. The number of carbonyl (C=O) groups is 1. The van der Waals surface area contributed by atoms with E-state index in [1.807, 2.05) is 12.1 Å². The van der Waals surface area contributed by atoms with Crippen molar-refractivity contribution < 1.29 is 9.90 Å². The fourth-order valence-electron chi connectivity index (χ4n) is 1.73. The number of anilines is 1. The van der Waals surface area contributed by atoms with Crippen molar-refractivity contribution in [1.29, 1.82) is 0 Å². The van der Waals surface area contributed by atoms with E-state index in [-0.39, 0.29) is 24.1 Å². The number of aromatic nitrogens is 1. The highest BCUT2D eigenvalue weighted by atomic mass is 35.5. The predicted molar refractivity (Wildman–Crippen MR) is 74.3 cm³/mol. The number of pyridine rings is 1. The minimum Gasteiger partial charge on any atom is -0.506 e. The first-order valence-electron chi connectivity index (χ1n) is 5.76. The lowest BCUT2D eigenvalue weighted by atomic mass is 10.2. The summed E-state index contributed by atoms with van der Waals surface area (Å²) in [5.74, 6) is -0.396. The van der Waals surface area contributed by atoms with E-state index < -0.39 is 0 Å². The van der Waals surface area contributed by atoms with Crippen molar-refractivity contribution in [2.45, 2.75) is 6.54 Å². The zero-order chi connectivity index (χ0) is 13.7. The fourth-order valence-corrected chi connectivity index (χ4v) is 1.87. The van der Waals surface area contributed by atoms with Crippen LogP contribution in [-0.4, -0.2) is 21.9 Å². The van der Waals surface area contributed by atoms with Gasteiger partial charge in [-0.25, -0.2) is 0 Å². The normalized spacial score (nSPS) is 10.2. The number of hydrogen-bond acceptors (Lipinski definition) is 3. The largest absolute Gasteiger partial charge is 0.506 e. The Morgan fingerprint density at radius 1 is 1.21 bits per heavy atom. The van der Waals surface area contributed by atoms with Crippen molar-refractivity contribution in [2.75, 3.05) is 10.8 Å². The summed E-state index contributed by atoms with van der Waals surface area (Å²) in [7, 11) is 0. The van der Waals surface area contributed by atoms with Crippen LogP contribution in [-0.2, 0) is 11.3 Å². The lowest BCUT2D eigenvalue weighted by Crippen LogP contribution is -2.31. The van der Waals surface area contributed by atoms with Crippen LogP contribution in [0.3, 0.4) is 0 Å². The molecule has 0 spiro atoms. The monoisotopic (exact) mass is 276 g/mol. The fraction of sp³-hybridized carbons (Fsp3) is 0.143. The van der Waals surface area contributed by atoms with Gasteiger partial charge in [-0.1, -0.05) is 18.2 Å². The third-order valence-corrected chi connectivity index (χ3v) is 2.86. The van der Waals surface area contributed by atoms with Gasteiger partial charge < -0.3 is 10.0 Å². The first-order valence-corrected chi connectivity index (χ1v) is 6.30. The van der Waals surface area contributed by atoms with Gasteiger partial charge in [0.25, 0.3) is 0 Å². The van der Waals surface area contributed by atoms with E-state index in [1.54, 1.807) is 30.5 Å². The SMILES string of the molecule is O=C(CCl)N(Cc1ccccn1)c1ccccc1O. The van der Waals surface area contributed by atoms with Crippen molar-refractivity contribution in [3.63, 3.8) is 0 Å². The number of hydrogen-bond donors (Lipinski definition) is 1. The number of benzene rings is 1. The number of aromatic hydroxyl groups is 1. The zero-order valence-corrected chi connectivity index (χ0v) is 10.9. The molecule has 0 saturated carbocycles. The van der Waals surface area contributed by atoms with Gasteiger partial charge in [0, 0.05) is 6.20 Å². The highest BCUT2D eigenvalue weighted by Gasteiger charge is 2.18. The van der Waals surface area contributed by atoms with Crippen LogP contribution in [0, 0.1) is 0 Å². The molecule has 5 heteroatoms. The number of alkyl halides is 1. The third kappa shape index (κ3) is 3.23. The quantitative estimate of drug-likeness (QED) is 0.873. The molecule has 0 saturated heterocycles. The van der Waals surface area contributed by atoms with Crippen LogP contribution in [0.5, 0.6) is 5.75 Å². The molecule has 98 valence electrons. The molecule has 0 radical (unpaired) electrons. The average molecular weight is 277 g/mol. The number of phenols is 1. The summed E-state index contributed by atoms with van der Waals surface area (Å²) in [6.45, 7) is 0.268. The van der Waals surface area contributed by atoms with Gasteiger partial charge in [0.05, 0.1) is 17.9 Å². The number of nitrogens with zero attached hydrogens (tertiary/aromatic N) is 2. The van der Waals surface area contributed by atoms with E-state index in [0.717, 1.165) is 5.69 Å². The van der Waals surface area contributed by atoms with E-state index in [9.17, 15) is 9.90 Å². The summed E-state index contributed by atoms with van der Waals surface area (Å²) in [6, 6.07) is 12.1. The summed E-state index contributed by atoms with van der Waals surface area (Å²) < 4.78 is 0. The van der Waals surface area contributed by atoms with Crippen LogP contribution in [0.2, 0.25) is 0 Å². The van der Waals surface area contributed by atoms with Gasteiger partial charge in [-0.15, -0.1) is 11.6 Å². The van der Waals surface area contributed by atoms with Crippen molar-refractivity contribution in [3.8, 4) is 5.75 Å². The van der Waals surface area contributed by atoms with Crippen molar-refractivity contribution in [2.24, 2.45) is 0 Å². The predicted octanol–water partition coefficient (Wildman–Crippen LogP) is 2.56. The molecular weight excluding hydrogens is 264 g/mol. The van der Waals surface area contributed by atoms with Gasteiger partial charge in [-0.3, -0.25) is 9.78 Å². The van der Waals surface area contributed by atoms with Crippen molar-refractivity contribution in [1.82, 2.24) is 4.98 Å². The Bertz CT molecular complexity index is 560. The maximum Gasteiger partial charge on any atom is 0.242 e. The van der Waals surface area contributed by atoms with Crippen LogP contribution < -0.4 is 4.90 Å². The second-order valence-corrected chi connectivity index (χ2v) is 4.19. The molecule has 19 heavy (non-hydrogen) atoms. The van der Waals surface area contributed by atoms with Gasteiger partial charge in [-0.2, -0.15) is 0 Å². The number of phenolic OH excluding ortho intramolecular Hbond substituents is 1. The minimum atomic E-state index is -0.284. The van der Waals surface area contributed by atoms with Gasteiger partial charge in [0.15, 0.2) is 0 Å². The highest BCUT2D eigenvalue weighted by Crippen LogP contribution is 2.27. The Morgan fingerprint density at radius 3 is 2.58 bits per heavy atom. The molecule has 2 aromatic rings. The molecule has 0 aliphatic heterocycles. The Labute approximate surface area is 116 Å². The lowest BCUT2D eigenvalue weighted by Gasteiger charge is -2.22. The smallest absolute Gasteiger partial charge is 0.242 e. The van der Waals surface area contributed by atoms with Crippen LogP contribution in [0.4, 0.5) is 5.69 Å². The molecule has 0 aliphatic carbocycles. The van der Waals surface area contributed by atoms with Gasteiger partial charge >= 0.3 is 0 Å². The number of carbonyl (C=O) groups excluding carboxylic acids is 1. The van der Waals surface area contributed by atoms with Crippen LogP contribution in [0.15, 0.2) is 48.7 Å². The Balaban J connectivity index is 2.32. The maximum atomic E-state index is 11.9. The molecule has 0 atom stereocenters.